The topological polar surface area (TPSA) is 50.4 Å². The first-order chi connectivity index (χ1) is 10.2. The Morgan fingerprint density at radius 2 is 2.33 bits per heavy atom. The number of rotatable bonds is 6. The van der Waals surface area contributed by atoms with Crippen LogP contribution < -0.4 is 15.4 Å². The monoisotopic (exact) mass is 308 g/mol. The SMILES string of the molecule is CCCOc1ccc(Cl)cc1C(=O)NCC1=CCNCC1. The van der Waals surface area contributed by atoms with Crippen LogP contribution in [0.5, 0.6) is 5.75 Å². The fourth-order valence-corrected chi connectivity index (χ4v) is 2.31. The van der Waals surface area contributed by atoms with Crippen molar-refractivity contribution in [3.8, 4) is 5.75 Å². The van der Waals surface area contributed by atoms with E-state index in [9.17, 15) is 4.79 Å². The van der Waals surface area contributed by atoms with Crippen LogP contribution in [0, 0.1) is 0 Å². The molecular weight excluding hydrogens is 288 g/mol. The maximum absolute atomic E-state index is 12.3. The zero-order chi connectivity index (χ0) is 15.1. The number of hydrogen-bond acceptors (Lipinski definition) is 3. The Labute approximate surface area is 130 Å². The second-order valence-corrected chi connectivity index (χ2v) is 5.42. The van der Waals surface area contributed by atoms with Crippen molar-refractivity contribution in [1.29, 1.82) is 0 Å². The van der Waals surface area contributed by atoms with Crippen LogP contribution in [-0.2, 0) is 0 Å². The van der Waals surface area contributed by atoms with Gasteiger partial charge in [-0.25, -0.2) is 0 Å². The number of carbonyl (C=O) groups excluding carboxylic acids is 1. The Morgan fingerprint density at radius 3 is 3.05 bits per heavy atom. The highest BCUT2D eigenvalue weighted by atomic mass is 35.5. The molecule has 1 aliphatic rings. The quantitative estimate of drug-likeness (QED) is 0.795. The third kappa shape index (κ3) is 4.76. The molecule has 0 radical (unpaired) electrons. The minimum atomic E-state index is -0.150. The smallest absolute Gasteiger partial charge is 0.255 e. The highest BCUT2D eigenvalue weighted by Crippen LogP contribution is 2.23. The first-order valence-electron chi connectivity index (χ1n) is 7.30. The third-order valence-corrected chi connectivity index (χ3v) is 3.52. The number of benzene rings is 1. The van der Waals surface area contributed by atoms with E-state index in [1.165, 1.54) is 5.57 Å². The van der Waals surface area contributed by atoms with Crippen LogP contribution in [0.3, 0.4) is 0 Å². The summed E-state index contributed by atoms with van der Waals surface area (Å²) in [5.74, 6) is 0.432. The molecule has 21 heavy (non-hydrogen) atoms. The minimum Gasteiger partial charge on any atom is -0.493 e. The molecule has 2 rings (SSSR count). The van der Waals surface area contributed by atoms with Crippen molar-refractivity contribution >= 4 is 17.5 Å². The average Bonchev–Trinajstić information content (AvgIpc) is 2.52. The predicted molar refractivity (Wildman–Crippen MR) is 85.1 cm³/mol. The van der Waals surface area contributed by atoms with Crippen molar-refractivity contribution in [2.24, 2.45) is 0 Å². The molecule has 0 unspecified atom stereocenters. The summed E-state index contributed by atoms with van der Waals surface area (Å²) in [6.45, 7) is 5.01. The molecule has 0 aromatic heterocycles. The molecule has 1 aromatic carbocycles. The highest BCUT2D eigenvalue weighted by Gasteiger charge is 2.14. The van der Waals surface area contributed by atoms with E-state index >= 15 is 0 Å². The molecular formula is C16H21ClN2O2. The summed E-state index contributed by atoms with van der Waals surface area (Å²) in [7, 11) is 0. The first kappa shape index (κ1) is 15.9. The number of amides is 1. The van der Waals surface area contributed by atoms with E-state index in [1.54, 1.807) is 18.2 Å². The van der Waals surface area contributed by atoms with E-state index in [2.05, 4.69) is 16.7 Å². The van der Waals surface area contributed by atoms with Crippen LogP contribution in [0.4, 0.5) is 0 Å². The summed E-state index contributed by atoms with van der Waals surface area (Å²) < 4.78 is 5.61. The van der Waals surface area contributed by atoms with Gasteiger partial charge in [0.25, 0.3) is 5.91 Å². The normalized spacial score (nSPS) is 14.5. The lowest BCUT2D eigenvalue weighted by Crippen LogP contribution is -2.29. The molecule has 0 saturated carbocycles. The third-order valence-electron chi connectivity index (χ3n) is 3.28. The van der Waals surface area contributed by atoms with Gasteiger partial charge in [0, 0.05) is 18.1 Å². The molecule has 0 bridgehead atoms. The molecule has 1 amide bonds. The summed E-state index contributed by atoms with van der Waals surface area (Å²) in [6, 6.07) is 5.13. The van der Waals surface area contributed by atoms with Crippen LogP contribution >= 0.6 is 11.6 Å². The van der Waals surface area contributed by atoms with Gasteiger partial charge < -0.3 is 15.4 Å². The Balaban J connectivity index is 2.03. The van der Waals surface area contributed by atoms with E-state index in [4.69, 9.17) is 16.3 Å². The van der Waals surface area contributed by atoms with Crippen molar-refractivity contribution in [2.75, 3.05) is 26.2 Å². The largest absolute Gasteiger partial charge is 0.493 e. The number of carbonyl (C=O) groups is 1. The standard InChI is InChI=1S/C16H21ClN2O2/c1-2-9-21-15-4-3-13(17)10-14(15)16(20)19-11-12-5-7-18-8-6-12/h3-5,10,18H,2,6-9,11H2,1H3,(H,19,20). The highest BCUT2D eigenvalue weighted by molar-refractivity contribution is 6.31. The van der Waals surface area contributed by atoms with Gasteiger partial charge in [0.2, 0.25) is 0 Å². The van der Waals surface area contributed by atoms with E-state index in [0.717, 1.165) is 25.9 Å². The Morgan fingerprint density at radius 1 is 1.48 bits per heavy atom. The molecule has 0 saturated heterocycles. The molecule has 1 aromatic rings. The van der Waals surface area contributed by atoms with Gasteiger partial charge in [-0.3, -0.25) is 4.79 Å². The summed E-state index contributed by atoms with van der Waals surface area (Å²) in [5.41, 5.74) is 1.74. The molecule has 114 valence electrons. The second kappa shape index (κ2) is 8.05. The Kier molecular flexibility index (Phi) is 6.08. The van der Waals surface area contributed by atoms with E-state index in [-0.39, 0.29) is 5.91 Å². The Hall–Kier alpha value is -1.52. The molecule has 1 aliphatic heterocycles. The fourth-order valence-electron chi connectivity index (χ4n) is 2.14. The first-order valence-corrected chi connectivity index (χ1v) is 7.67. The lowest BCUT2D eigenvalue weighted by molar-refractivity contribution is 0.0952. The van der Waals surface area contributed by atoms with E-state index < -0.39 is 0 Å². The van der Waals surface area contributed by atoms with E-state index in [1.807, 2.05) is 6.92 Å². The van der Waals surface area contributed by atoms with Gasteiger partial charge in [0.1, 0.15) is 5.75 Å². The minimum absolute atomic E-state index is 0.150. The van der Waals surface area contributed by atoms with Crippen LogP contribution in [-0.4, -0.2) is 32.1 Å². The van der Waals surface area contributed by atoms with Crippen molar-refractivity contribution in [3.63, 3.8) is 0 Å². The van der Waals surface area contributed by atoms with Gasteiger partial charge >= 0.3 is 0 Å². The fraction of sp³-hybridized carbons (Fsp3) is 0.438. The average molecular weight is 309 g/mol. The molecule has 0 fully saturated rings. The Bertz CT molecular complexity index is 529. The predicted octanol–water partition coefficient (Wildman–Crippen LogP) is 2.78. The number of hydrogen-bond donors (Lipinski definition) is 2. The molecule has 0 aliphatic carbocycles. The summed E-state index contributed by atoms with van der Waals surface area (Å²) >= 11 is 5.99. The maximum atomic E-state index is 12.3. The van der Waals surface area contributed by atoms with Crippen LogP contribution in [0.25, 0.3) is 0 Å². The summed E-state index contributed by atoms with van der Waals surface area (Å²) in [5, 5.41) is 6.72. The van der Waals surface area contributed by atoms with Gasteiger partial charge in [-0.05, 0) is 37.6 Å². The van der Waals surface area contributed by atoms with Crippen molar-refractivity contribution in [1.82, 2.24) is 10.6 Å². The van der Waals surface area contributed by atoms with Gasteiger partial charge in [0.05, 0.1) is 12.2 Å². The number of halogens is 1. The van der Waals surface area contributed by atoms with Crippen molar-refractivity contribution in [2.45, 2.75) is 19.8 Å². The van der Waals surface area contributed by atoms with Crippen LogP contribution in [0.2, 0.25) is 5.02 Å². The number of nitrogens with one attached hydrogen (secondary N) is 2. The molecule has 0 spiro atoms. The molecule has 5 heteroatoms. The van der Waals surface area contributed by atoms with Crippen molar-refractivity contribution in [3.05, 3.63) is 40.4 Å². The zero-order valence-corrected chi connectivity index (χ0v) is 13.0. The molecule has 0 atom stereocenters. The van der Waals surface area contributed by atoms with Crippen LogP contribution in [0.1, 0.15) is 30.1 Å². The summed E-state index contributed by atoms with van der Waals surface area (Å²) in [4.78, 5) is 12.3. The second-order valence-electron chi connectivity index (χ2n) is 4.99. The summed E-state index contributed by atoms with van der Waals surface area (Å²) in [6.07, 6.45) is 3.98. The zero-order valence-electron chi connectivity index (χ0n) is 12.2. The van der Waals surface area contributed by atoms with Gasteiger partial charge in [-0.15, -0.1) is 0 Å². The number of ether oxygens (including phenoxy) is 1. The molecule has 1 heterocycles. The van der Waals surface area contributed by atoms with Gasteiger partial charge in [-0.2, -0.15) is 0 Å². The lowest BCUT2D eigenvalue weighted by atomic mass is 10.1. The molecule has 2 N–H and O–H groups in total. The molecule has 4 nitrogen and oxygen atoms in total. The lowest BCUT2D eigenvalue weighted by Gasteiger charge is -2.16. The van der Waals surface area contributed by atoms with Gasteiger partial charge in [-0.1, -0.05) is 30.2 Å². The van der Waals surface area contributed by atoms with E-state index in [0.29, 0.717) is 29.5 Å². The van der Waals surface area contributed by atoms with Crippen LogP contribution in [0.15, 0.2) is 29.8 Å². The maximum Gasteiger partial charge on any atom is 0.255 e. The van der Waals surface area contributed by atoms with Crippen molar-refractivity contribution < 1.29 is 9.53 Å². The van der Waals surface area contributed by atoms with Gasteiger partial charge in [0.15, 0.2) is 0 Å².